The van der Waals surface area contributed by atoms with Crippen molar-refractivity contribution in [1.29, 1.82) is 0 Å². The number of sulfonamides is 1. The Morgan fingerprint density at radius 3 is 2.30 bits per heavy atom. The number of hydrogen-bond acceptors (Lipinski definition) is 7. The Bertz CT molecular complexity index is 1590. The predicted octanol–water partition coefficient (Wildman–Crippen LogP) is 5.43. The smallest absolute Gasteiger partial charge is 0.270 e. The summed E-state index contributed by atoms with van der Waals surface area (Å²) in [4.78, 5) is 19.3. The molecule has 2 heterocycles. The summed E-state index contributed by atoms with van der Waals surface area (Å²) in [6.07, 6.45) is 0.688. The topological polar surface area (TPSA) is 79.4 Å². The van der Waals surface area contributed by atoms with Crippen molar-refractivity contribution in [1.82, 2.24) is 9.80 Å². The number of nitrogens with zero attached hydrogens (tertiary/aromatic N) is 3. The Hall–Kier alpha value is -2.99. The molecular formula is C32H37BrFN3O5S. The minimum atomic E-state index is -4.41. The van der Waals surface area contributed by atoms with Gasteiger partial charge in [0.15, 0.2) is 0 Å². The first-order valence-corrected chi connectivity index (χ1v) is 16.6. The van der Waals surface area contributed by atoms with Crippen molar-refractivity contribution in [3.63, 3.8) is 0 Å². The van der Waals surface area contributed by atoms with E-state index in [2.05, 4.69) is 32.8 Å². The molecule has 5 rings (SSSR count). The Kier molecular flexibility index (Phi) is 9.18. The van der Waals surface area contributed by atoms with E-state index in [0.29, 0.717) is 34.5 Å². The zero-order valence-electron chi connectivity index (χ0n) is 24.8. The van der Waals surface area contributed by atoms with Gasteiger partial charge in [0.25, 0.3) is 15.9 Å². The lowest BCUT2D eigenvalue weighted by molar-refractivity contribution is -0.121. The molecule has 0 aliphatic carbocycles. The molecule has 8 nitrogen and oxygen atoms in total. The number of likely N-dealkylation sites (N-methyl/N-ethyl adjacent to an activating group) is 1. The van der Waals surface area contributed by atoms with Gasteiger partial charge in [0.2, 0.25) is 0 Å². The molecule has 230 valence electrons. The lowest BCUT2D eigenvalue weighted by Crippen LogP contribution is -2.46. The average molecular weight is 675 g/mol. The molecule has 1 saturated heterocycles. The molecule has 0 radical (unpaired) electrons. The summed E-state index contributed by atoms with van der Waals surface area (Å²) >= 11 is 3.53. The van der Waals surface area contributed by atoms with Gasteiger partial charge in [-0.05, 0) is 98.2 Å². The number of fused-ring (bicyclic) bond motifs is 1. The van der Waals surface area contributed by atoms with Crippen LogP contribution in [0, 0.1) is 5.82 Å². The van der Waals surface area contributed by atoms with E-state index < -0.39 is 27.2 Å². The van der Waals surface area contributed by atoms with E-state index >= 15 is 4.39 Å². The van der Waals surface area contributed by atoms with Crippen molar-refractivity contribution in [3.05, 3.63) is 82.1 Å². The van der Waals surface area contributed by atoms with Crippen LogP contribution in [0.1, 0.15) is 37.8 Å². The highest BCUT2D eigenvalue weighted by molar-refractivity contribution is 9.10. The molecule has 43 heavy (non-hydrogen) atoms. The lowest BCUT2D eigenvalue weighted by atomic mass is 9.72. The molecular weight excluding hydrogens is 637 g/mol. The second-order valence-electron chi connectivity index (χ2n) is 11.4. The SMILES string of the molecule is COc1cc2c(cc1Br)C(CCCN1CCN(C)CC1)(c1ccccc1F)C(=O)N2S(=O)(=O)c1ccc(OC(C)C)cc1. The van der Waals surface area contributed by atoms with E-state index in [1.54, 1.807) is 36.4 Å². The van der Waals surface area contributed by atoms with Crippen LogP contribution in [0.4, 0.5) is 10.1 Å². The minimum Gasteiger partial charge on any atom is -0.495 e. The van der Waals surface area contributed by atoms with Gasteiger partial charge >= 0.3 is 0 Å². The number of piperazine rings is 1. The van der Waals surface area contributed by atoms with Crippen LogP contribution in [-0.2, 0) is 20.2 Å². The van der Waals surface area contributed by atoms with Crippen LogP contribution < -0.4 is 13.8 Å². The normalized spacial score (nSPS) is 19.6. The van der Waals surface area contributed by atoms with E-state index in [0.717, 1.165) is 30.5 Å². The maximum atomic E-state index is 15.7. The number of halogens is 2. The number of carbonyl (C=O) groups is 1. The van der Waals surface area contributed by atoms with E-state index in [-0.39, 0.29) is 28.7 Å². The molecule has 3 aromatic carbocycles. The Morgan fingerprint density at radius 1 is 1.00 bits per heavy atom. The van der Waals surface area contributed by atoms with Gasteiger partial charge in [0.05, 0.1) is 28.3 Å². The molecule has 1 atom stereocenters. The van der Waals surface area contributed by atoms with Crippen LogP contribution in [-0.4, -0.2) is 77.1 Å². The van der Waals surface area contributed by atoms with Crippen molar-refractivity contribution in [2.75, 3.05) is 51.2 Å². The first-order valence-electron chi connectivity index (χ1n) is 14.4. The van der Waals surface area contributed by atoms with Gasteiger partial charge in [-0.2, -0.15) is 0 Å². The maximum Gasteiger partial charge on any atom is 0.270 e. The molecule has 1 unspecified atom stereocenters. The second-order valence-corrected chi connectivity index (χ2v) is 14.0. The van der Waals surface area contributed by atoms with Gasteiger partial charge in [-0.3, -0.25) is 4.79 Å². The first kappa shape index (κ1) is 31.4. The van der Waals surface area contributed by atoms with E-state index in [4.69, 9.17) is 9.47 Å². The van der Waals surface area contributed by atoms with Gasteiger partial charge in [0, 0.05) is 37.8 Å². The minimum absolute atomic E-state index is 0.0773. The zero-order valence-corrected chi connectivity index (χ0v) is 27.3. The van der Waals surface area contributed by atoms with Crippen molar-refractivity contribution in [2.45, 2.75) is 43.1 Å². The third kappa shape index (κ3) is 5.92. The largest absolute Gasteiger partial charge is 0.495 e. The Labute approximate surface area is 261 Å². The number of hydrogen-bond donors (Lipinski definition) is 0. The number of methoxy groups -OCH3 is 1. The van der Waals surface area contributed by atoms with Crippen LogP contribution in [0.25, 0.3) is 0 Å². The van der Waals surface area contributed by atoms with E-state index in [1.807, 2.05) is 13.8 Å². The van der Waals surface area contributed by atoms with Crippen LogP contribution in [0.5, 0.6) is 11.5 Å². The maximum absolute atomic E-state index is 15.7. The zero-order chi connectivity index (χ0) is 30.9. The number of ether oxygens (including phenoxy) is 2. The summed E-state index contributed by atoms with van der Waals surface area (Å²) in [5.74, 6) is -0.414. The van der Waals surface area contributed by atoms with E-state index in [9.17, 15) is 13.2 Å². The van der Waals surface area contributed by atoms with Crippen LogP contribution in [0.15, 0.2) is 70.0 Å². The summed E-state index contributed by atoms with van der Waals surface area (Å²) in [6, 6.07) is 15.4. The second kappa shape index (κ2) is 12.6. The number of anilines is 1. The molecule has 3 aromatic rings. The summed E-state index contributed by atoms with van der Waals surface area (Å²) in [5, 5.41) is 0. The molecule has 0 saturated carbocycles. The molecule has 1 amide bonds. The number of carbonyl (C=O) groups excluding carboxylic acids is 1. The van der Waals surface area contributed by atoms with Gasteiger partial charge in [-0.15, -0.1) is 0 Å². The summed E-state index contributed by atoms with van der Waals surface area (Å²) < 4.78 is 56.9. The van der Waals surface area contributed by atoms with Gasteiger partial charge in [-0.25, -0.2) is 17.1 Å². The number of benzene rings is 3. The van der Waals surface area contributed by atoms with Crippen LogP contribution >= 0.6 is 15.9 Å². The molecule has 0 bridgehead atoms. The highest BCUT2D eigenvalue weighted by atomic mass is 79.9. The molecule has 0 spiro atoms. The van der Waals surface area contributed by atoms with Crippen molar-refractivity contribution in [3.8, 4) is 11.5 Å². The molecule has 2 aliphatic heterocycles. The van der Waals surface area contributed by atoms with Gasteiger partial charge in [-0.1, -0.05) is 18.2 Å². The van der Waals surface area contributed by atoms with Crippen molar-refractivity contribution >= 4 is 37.5 Å². The molecule has 0 aromatic heterocycles. The fourth-order valence-corrected chi connectivity index (χ4v) is 7.98. The predicted molar refractivity (Wildman–Crippen MR) is 168 cm³/mol. The third-order valence-electron chi connectivity index (χ3n) is 8.19. The molecule has 0 N–H and O–H groups in total. The fourth-order valence-electron chi connectivity index (χ4n) is 6.00. The standard InChI is InChI=1S/C32H37BrFN3O5S/c1-22(2)42-23-10-12-24(13-11-23)43(39,40)37-29-21-30(41-4)27(33)20-26(29)32(31(37)38,25-8-5-6-9-28(25)34)14-7-15-36-18-16-35(3)17-19-36/h5-6,8-13,20-22H,7,14-19H2,1-4H3. The number of amides is 1. The Morgan fingerprint density at radius 2 is 1.67 bits per heavy atom. The van der Waals surface area contributed by atoms with Crippen molar-refractivity contribution in [2.24, 2.45) is 0 Å². The average Bonchev–Trinajstić information content (AvgIpc) is 3.21. The van der Waals surface area contributed by atoms with Crippen LogP contribution in [0.2, 0.25) is 0 Å². The first-order chi connectivity index (χ1) is 20.5. The lowest BCUT2D eigenvalue weighted by Gasteiger charge is -2.34. The van der Waals surface area contributed by atoms with Gasteiger partial charge < -0.3 is 19.3 Å². The third-order valence-corrected chi connectivity index (χ3v) is 10.5. The summed E-state index contributed by atoms with van der Waals surface area (Å²) in [6.45, 7) is 8.14. The van der Waals surface area contributed by atoms with Gasteiger partial charge in [0.1, 0.15) is 22.7 Å². The summed E-state index contributed by atoms with van der Waals surface area (Å²) in [7, 11) is -0.853. The monoisotopic (exact) mass is 673 g/mol. The highest BCUT2D eigenvalue weighted by Crippen LogP contribution is 2.53. The fraction of sp³-hybridized carbons (Fsp3) is 0.406. The summed E-state index contributed by atoms with van der Waals surface area (Å²) in [5.41, 5.74) is -0.863. The van der Waals surface area contributed by atoms with Crippen molar-refractivity contribution < 1.29 is 27.1 Å². The highest BCUT2D eigenvalue weighted by Gasteiger charge is 2.57. The molecule has 11 heteroatoms. The van der Waals surface area contributed by atoms with Crippen LogP contribution in [0.3, 0.4) is 0 Å². The number of rotatable bonds is 10. The Balaban J connectivity index is 1.63. The molecule has 2 aliphatic rings. The quantitative estimate of drug-likeness (QED) is 0.284. The molecule has 1 fully saturated rings. The van der Waals surface area contributed by atoms with E-state index in [1.165, 1.54) is 31.4 Å².